The molecule has 1 heterocycles. The van der Waals surface area contributed by atoms with Crippen LogP contribution in [0.15, 0.2) is 35.2 Å². The van der Waals surface area contributed by atoms with Gasteiger partial charge in [0, 0.05) is 30.5 Å². The van der Waals surface area contributed by atoms with Crippen LogP contribution in [-0.4, -0.2) is 32.0 Å². The second-order valence-corrected chi connectivity index (χ2v) is 8.58. The minimum Gasteiger partial charge on any atom is -0.305 e. The molecule has 0 fully saturated rings. The van der Waals surface area contributed by atoms with Crippen LogP contribution in [0.4, 0.5) is 15.8 Å². The molecule has 0 saturated heterocycles. The highest BCUT2D eigenvalue weighted by molar-refractivity contribution is 7.90. The molecule has 0 saturated carbocycles. The number of aryl methyl sites for hydroxylation is 2. The zero-order valence-electron chi connectivity index (χ0n) is 14.7. The molecule has 0 spiro atoms. The number of anilines is 1. The number of carbonyl (C=O) groups excluding carboxylic acids is 1. The van der Waals surface area contributed by atoms with Gasteiger partial charge in [0.25, 0.3) is 11.6 Å². The summed E-state index contributed by atoms with van der Waals surface area (Å²) in [7, 11) is -3.77. The first-order valence-corrected chi connectivity index (χ1v) is 10.1. The van der Waals surface area contributed by atoms with Crippen LogP contribution in [0.25, 0.3) is 0 Å². The van der Waals surface area contributed by atoms with E-state index in [1.54, 1.807) is 13.0 Å². The van der Waals surface area contributed by atoms with Gasteiger partial charge in [0.2, 0.25) is 0 Å². The van der Waals surface area contributed by atoms with Crippen molar-refractivity contribution in [2.75, 3.05) is 17.7 Å². The summed E-state index contributed by atoms with van der Waals surface area (Å²) in [5.74, 6) is -1.22. The lowest BCUT2D eigenvalue weighted by Gasteiger charge is -2.30. The molecule has 2 aromatic carbocycles. The van der Waals surface area contributed by atoms with Crippen molar-refractivity contribution in [3.8, 4) is 0 Å². The molecule has 1 aliphatic rings. The van der Waals surface area contributed by atoms with Crippen LogP contribution in [0, 0.1) is 22.9 Å². The van der Waals surface area contributed by atoms with Gasteiger partial charge < -0.3 is 4.90 Å². The Labute approximate surface area is 155 Å². The Morgan fingerprint density at radius 2 is 1.93 bits per heavy atom. The van der Waals surface area contributed by atoms with E-state index in [1.165, 1.54) is 11.0 Å². The molecule has 0 atom stereocenters. The third-order valence-electron chi connectivity index (χ3n) is 4.41. The van der Waals surface area contributed by atoms with E-state index in [2.05, 4.69) is 0 Å². The summed E-state index contributed by atoms with van der Waals surface area (Å²) in [6.07, 6.45) is 2.12. The highest BCUT2D eigenvalue weighted by Gasteiger charge is 2.29. The molecule has 0 N–H and O–H groups in total. The van der Waals surface area contributed by atoms with Crippen LogP contribution < -0.4 is 4.90 Å². The Kier molecular flexibility index (Phi) is 4.73. The number of carbonyl (C=O) groups is 1. The molecular formula is C18H17FN2O5S. The third kappa shape index (κ3) is 3.68. The smallest absolute Gasteiger partial charge is 0.271 e. The molecule has 9 heteroatoms. The molecule has 2 aromatic rings. The van der Waals surface area contributed by atoms with Gasteiger partial charge in [-0.05, 0) is 43.0 Å². The Balaban J connectivity index is 2.13. The fraction of sp³-hybridized carbons (Fsp3) is 0.278. The molecule has 0 bridgehead atoms. The molecule has 0 aliphatic carbocycles. The summed E-state index contributed by atoms with van der Waals surface area (Å²) in [4.78, 5) is 24.3. The fourth-order valence-corrected chi connectivity index (χ4v) is 3.90. The van der Waals surface area contributed by atoms with Crippen molar-refractivity contribution < 1.29 is 22.5 Å². The Hall–Kier alpha value is -2.81. The lowest BCUT2D eigenvalue weighted by atomic mass is 9.98. The third-order valence-corrected chi connectivity index (χ3v) is 5.50. The number of nitro groups is 1. The molecule has 0 unspecified atom stereocenters. The number of sulfone groups is 1. The standard InChI is InChI=1S/C18H17FN2O5S/c1-11-6-12-4-3-5-20(17(12)16(19)7-11)18(22)13-8-14(21(23)24)10-15(9-13)27(2,25)26/h6-10H,3-5H2,1-2H3. The minimum absolute atomic E-state index is 0.143. The van der Waals surface area contributed by atoms with Gasteiger partial charge in [-0.3, -0.25) is 14.9 Å². The summed E-state index contributed by atoms with van der Waals surface area (Å²) in [5, 5.41) is 11.1. The molecule has 1 aliphatic heterocycles. The van der Waals surface area contributed by atoms with Gasteiger partial charge in [0.05, 0.1) is 15.5 Å². The lowest BCUT2D eigenvalue weighted by Crippen LogP contribution is -2.36. The van der Waals surface area contributed by atoms with Crippen molar-refractivity contribution in [2.24, 2.45) is 0 Å². The Bertz CT molecular complexity index is 1070. The van der Waals surface area contributed by atoms with E-state index in [9.17, 15) is 27.7 Å². The van der Waals surface area contributed by atoms with Crippen molar-refractivity contribution in [3.05, 3.63) is 63.0 Å². The van der Waals surface area contributed by atoms with Crippen LogP contribution in [-0.2, 0) is 16.3 Å². The molecule has 3 rings (SSSR count). The number of amides is 1. The van der Waals surface area contributed by atoms with Gasteiger partial charge in [-0.15, -0.1) is 0 Å². The quantitative estimate of drug-likeness (QED) is 0.591. The van der Waals surface area contributed by atoms with E-state index in [0.717, 1.165) is 30.0 Å². The van der Waals surface area contributed by atoms with Crippen molar-refractivity contribution in [1.82, 2.24) is 0 Å². The van der Waals surface area contributed by atoms with Gasteiger partial charge in [-0.1, -0.05) is 6.07 Å². The number of hydrogen-bond acceptors (Lipinski definition) is 5. The fourth-order valence-electron chi connectivity index (χ4n) is 3.22. The van der Waals surface area contributed by atoms with Gasteiger partial charge in [0.1, 0.15) is 5.82 Å². The second-order valence-electron chi connectivity index (χ2n) is 6.56. The number of nitrogens with zero attached hydrogens (tertiary/aromatic N) is 2. The maximum absolute atomic E-state index is 14.5. The monoisotopic (exact) mass is 392 g/mol. The van der Waals surface area contributed by atoms with Gasteiger partial charge in [-0.2, -0.15) is 0 Å². The summed E-state index contributed by atoms with van der Waals surface area (Å²) in [5.41, 5.74) is 0.876. The SMILES string of the molecule is Cc1cc(F)c2c(c1)CCCN2C(=O)c1cc([N+](=O)[O-])cc(S(C)(=O)=O)c1. The van der Waals surface area contributed by atoms with Crippen molar-refractivity contribution in [2.45, 2.75) is 24.7 Å². The van der Waals surface area contributed by atoms with Crippen LogP contribution in [0.3, 0.4) is 0 Å². The van der Waals surface area contributed by atoms with Crippen molar-refractivity contribution in [1.29, 1.82) is 0 Å². The van der Waals surface area contributed by atoms with Crippen LogP contribution in [0.5, 0.6) is 0 Å². The van der Waals surface area contributed by atoms with Crippen LogP contribution in [0.1, 0.15) is 27.9 Å². The first kappa shape index (κ1) is 19.0. The normalized spacial score (nSPS) is 14.0. The first-order valence-electron chi connectivity index (χ1n) is 8.18. The van der Waals surface area contributed by atoms with Crippen LogP contribution in [0.2, 0.25) is 0 Å². The van der Waals surface area contributed by atoms with E-state index in [4.69, 9.17) is 0 Å². The molecule has 142 valence electrons. The predicted molar refractivity (Wildman–Crippen MR) is 97.3 cm³/mol. The van der Waals surface area contributed by atoms with Crippen LogP contribution >= 0.6 is 0 Å². The number of hydrogen-bond donors (Lipinski definition) is 0. The van der Waals surface area contributed by atoms with Crippen molar-refractivity contribution >= 4 is 27.1 Å². The van der Waals surface area contributed by atoms with Crippen molar-refractivity contribution in [3.63, 3.8) is 0 Å². The van der Waals surface area contributed by atoms with E-state index in [0.29, 0.717) is 18.4 Å². The average molecular weight is 392 g/mol. The highest BCUT2D eigenvalue weighted by atomic mass is 32.2. The molecular weight excluding hydrogens is 375 g/mol. The van der Waals surface area contributed by atoms with Gasteiger partial charge in [0.15, 0.2) is 9.84 Å². The summed E-state index contributed by atoms with van der Waals surface area (Å²) in [6.45, 7) is 1.99. The lowest BCUT2D eigenvalue weighted by molar-refractivity contribution is -0.385. The molecule has 7 nitrogen and oxygen atoms in total. The maximum atomic E-state index is 14.5. The molecule has 0 aromatic heterocycles. The number of rotatable bonds is 3. The number of non-ortho nitro benzene ring substituents is 1. The highest BCUT2D eigenvalue weighted by Crippen LogP contribution is 2.33. The zero-order chi connectivity index (χ0) is 19.9. The topological polar surface area (TPSA) is 97.6 Å². The summed E-state index contributed by atoms with van der Waals surface area (Å²) in [6, 6.07) is 6.12. The Morgan fingerprint density at radius 1 is 1.22 bits per heavy atom. The van der Waals surface area contributed by atoms with E-state index in [-0.39, 0.29) is 22.7 Å². The van der Waals surface area contributed by atoms with Gasteiger partial charge >= 0.3 is 0 Å². The largest absolute Gasteiger partial charge is 0.305 e. The minimum atomic E-state index is -3.77. The first-order chi connectivity index (χ1) is 12.6. The Morgan fingerprint density at radius 3 is 2.56 bits per heavy atom. The van der Waals surface area contributed by atoms with E-state index >= 15 is 0 Å². The van der Waals surface area contributed by atoms with E-state index < -0.39 is 32.2 Å². The zero-order valence-corrected chi connectivity index (χ0v) is 15.5. The average Bonchev–Trinajstić information content (AvgIpc) is 2.59. The predicted octanol–water partition coefficient (Wildman–Crippen LogP) is 3.04. The molecule has 1 amide bonds. The summed E-state index contributed by atoms with van der Waals surface area (Å²) >= 11 is 0. The number of nitro benzene ring substituents is 1. The molecule has 0 radical (unpaired) electrons. The second kappa shape index (κ2) is 6.73. The number of halogens is 1. The summed E-state index contributed by atoms with van der Waals surface area (Å²) < 4.78 is 38.2. The van der Waals surface area contributed by atoms with Gasteiger partial charge in [-0.25, -0.2) is 12.8 Å². The molecule has 27 heavy (non-hydrogen) atoms. The number of fused-ring (bicyclic) bond motifs is 1. The maximum Gasteiger partial charge on any atom is 0.271 e. The van der Waals surface area contributed by atoms with E-state index in [1.807, 2.05) is 0 Å². The number of benzene rings is 2.